The number of hydrogen-bond acceptors (Lipinski definition) is 2. The first-order chi connectivity index (χ1) is 8.40. The highest BCUT2D eigenvalue weighted by molar-refractivity contribution is 5.96. The van der Waals surface area contributed by atoms with Crippen molar-refractivity contribution in [2.24, 2.45) is 0 Å². The minimum atomic E-state index is -0.225. The van der Waals surface area contributed by atoms with Crippen molar-refractivity contribution >= 4 is 11.8 Å². The first-order valence-corrected chi connectivity index (χ1v) is 6.05. The molecule has 0 heterocycles. The summed E-state index contributed by atoms with van der Waals surface area (Å²) in [6.45, 7) is 7.71. The van der Waals surface area contributed by atoms with E-state index >= 15 is 0 Å². The Balaban J connectivity index is 2.55. The van der Waals surface area contributed by atoms with Gasteiger partial charge in [0.15, 0.2) is 0 Å². The molecule has 0 spiro atoms. The fourth-order valence-electron chi connectivity index (χ4n) is 1.52. The molecule has 0 fully saturated rings. The third kappa shape index (κ3) is 4.20. The standard InChI is InChI=1S/C14H20N2O2/c1-9(2)16-13(17)8-15-14(18)12-6-5-10(3)11(4)7-12/h5-7,9H,8H2,1-4H3,(H,15,18)(H,16,17). The van der Waals surface area contributed by atoms with E-state index in [9.17, 15) is 9.59 Å². The van der Waals surface area contributed by atoms with Crippen LogP contribution in [0.3, 0.4) is 0 Å². The third-order valence-corrected chi connectivity index (χ3v) is 2.63. The molecule has 0 saturated heterocycles. The molecule has 0 aliphatic carbocycles. The highest BCUT2D eigenvalue weighted by Crippen LogP contribution is 2.09. The topological polar surface area (TPSA) is 58.2 Å². The molecule has 2 amide bonds. The van der Waals surface area contributed by atoms with Crippen LogP contribution in [0.1, 0.15) is 35.3 Å². The fourth-order valence-corrected chi connectivity index (χ4v) is 1.52. The largest absolute Gasteiger partial charge is 0.352 e. The molecule has 4 nitrogen and oxygen atoms in total. The van der Waals surface area contributed by atoms with Gasteiger partial charge in [-0.3, -0.25) is 9.59 Å². The molecule has 4 heteroatoms. The second-order valence-corrected chi connectivity index (χ2v) is 4.70. The summed E-state index contributed by atoms with van der Waals surface area (Å²) in [6, 6.07) is 5.57. The van der Waals surface area contributed by atoms with E-state index in [2.05, 4.69) is 10.6 Å². The average molecular weight is 248 g/mol. The molecule has 0 bridgehead atoms. The van der Waals surface area contributed by atoms with E-state index in [1.165, 1.54) is 0 Å². The van der Waals surface area contributed by atoms with E-state index < -0.39 is 0 Å². The Morgan fingerprint density at radius 1 is 1.17 bits per heavy atom. The van der Waals surface area contributed by atoms with Gasteiger partial charge in [-0.15, -0.1) is 0 Å². The van der Waals surface area contributed by atoms with Crippen molar-refractivity contribution < 1.29 is 9.59 Å². The number of nitrogens with one attached hydrogen (secondary N) is 2. The van der Waals surface area contributed by atoms with Crippen molar-refractivity contribution in [2.75, 3.05) is 6.54 Å². The highest BCUT2D eigenvalue weighted by atomic mass is 16.2. The lowest BCUT2D eigenvalue weighted by atomic mass is 10.1. The van der Waals surface area contributed by atoms with Crippen molar-refractivity contribution in [3.8, 4) is 0 Å². The van der Waals surface area contributed by atoms with Crippen LogP contribution >= 0.6 is 0 Å². The van der Waals surface area contributed by atoms with Crippen molar-refractivity contribution in [3.05, 3.63) is 34.9 Å². The van der Waals surface area contributed by atoms with Crippen LogP contribution in [0.5, 0.6) is 0 Å². The molecule has 98 valence electrons. The lowest BCUT2D eigenvalue weighted by Gasteiger charge is -2.10. The van der Waals surface area contributed by atoms with Crippen molar-refractivity contribution in [2.45, 2.75) is 33.7 Å². The van der Waals surface area contributed by atoms with Gasteiger partial charge in [-0.25, -0.2) is 0 Å². The Hall–Kier alpha value is -1.84. The van der Waals surface area contributed by atoms with Crippen LogP contribution in [0.25, 0.3) is 0 Å². The summed E-state index contributed by atoms with van der Waals surface area (Å²) in [5.41, 5.74) is 2.79. The molecule has 2 N–H and O–H groups in total. The Kier molecular flexibility index (Phi) is 4.89. The fraction of sp³-hybridized carbons (Fsp3) is 0.429. The lowest BCUT2D eigenvalue weighted by Crippen LogP contribution is -2.39. The molecular formula is C14H20N2O2. The molecule has 1 rings (SSSR count). The Morgan fingerprint density at radius 2 is 1.83 bits per heavy atom. The van der Waals surface area contributed by atoms with E-state index in [0.717, 1.165) is 11.1 Å². The van der Waals surface area contributed by atoms with Gasteiger partial charge in [0, 0.05) is 11.6 Å². The van der Waals surface area contributed by atoms with Gasteiger partial charge in [0.25, 0.3) is 5.91 Å². The van der Waals surface area contributed by atoms with E-state index in [1.807, 2.05) is 39.8 Å². The van der Waals surface area contributed by atoms with Gasteiger partial charge in [-0.1, -0.05) is 6.07 Å². The van der Waals surface area contributed by atoms with Gasteiger partial charge in [-0.05, 0) is 51.0 Å². The van der Waals surface area contributed by atoms with Crippen molar-refractivity contribution in [1.29, 1.82) is 0 Å². The van der Waals surface area contributed by atoms with Gasteiger partial charge in [0.2, 0.25) is 5.91 Å². The molecule has 0 radical (unpaired) electrons. The predicted octanol–water partition coefficient (Wildman–Crippen LogP) is 1.56. The molecule has 0 saturated carbocycles. The normalized spacial score (nSPS) is 10.3. The van der Waals surface area contributed by atoms with E-state index in [1.54, 1.807) is 6.07 Å². The highest BCUT2D eigenvalue weighted by Gasteiger charge is 2.09. The smallest absolute Gasteiger partial charge is 0.251 e. The molecule has 0 unspecified atom stereocenters. The lowest BCUT2D eigenvalue weighted by molar-refractivity contribution is -0.120. The molecule has 1 aromatic carbocycles. The predicted molar refractivity (Wildman–Crippen MR) is 71.5 cm³/mol. The maximum absolute atomic E-state index is 11.8. The number of amides is 2. The summed E-state index contributed by atoms with van der Waals surface area (Å²) in [5, 5.41) is 5.32. The SMILES string of the molecule is Cc1ccc(C(=O)NCC(=O)NC(C)C)cc1C. The van der Waals surface area contributed by atoms with Crippen molar-refractivity contribution in [3.63, 3.8) is 0 Å². The van der Waals surface area contributed by atoms with E-state index in [0.29, 0.717) is 5.56 Å². The quantitative estimate of drug-likeness (QED) is 0.849. The minimum absolute atomic E-state index is 0.00391. The number of aryl methyl sites for hydroxylation is 2. The number of carbonyl (C=O) groups is 2. The molecule has 0 atom stereocenters. The third-order valence-electron chi connectivity index (χ3n) is 2.63. The van der Waals surface area contributed by atoms with Crippen LogP contribution in [0.15, 0.2) is 18.2 Å². The van der Waals surface area contributed by atoms with E-state index in [4.69, 9.17) is 0 Å². The van der Waals surface area contributed by atoms with Crippen LogP contribution in [0, 0.1) is 13.8 Å². The maximum atomic E-state index is 11.8. The van der Waals surface area contributed by atoms with Gasteiger partial charge in [-0.2, -0.15) is 0 Å². The second kappa shape index (κ2) is 6.19. The molecule has 0 aromatic heterocycles. The zero-order valence-electron chi connectivity index (χ0n) is 11.3. The van der Waals surface area contributed by atoms with Gasteiger partial charge >= 0.3 is 0 Å². The van der Waals surface area contributed by atoms with Crippen LogP contribution in [-0.2, 0) is 4.79 Å². The number of carbonyl (C=O) groups excluding carboxylic acids is 2. The van der Waals surface area contributed by atoms with Crippen LogP contribution in [0.2, 0.25) is 0 Å². The van der Waals surface area contributed by atoms with E-state index in [-0.39, 0.29) is 24.4 Å². The minimum Gasteiger partial charge on any atom is -0.352 e. The van der Waals surface area contributed by atoms with Gasteiger partial charge < -0.3 is 10.6 Å². The zero-order valence-corrected chi connectivity index (χ0v) is 11.3. The van der Waals surface area contributed by atoms with Crippen molar-refractivity contribution in [1.82, 2.24) is 10.6 Å². The average Bonchev–Trinajstić information content (AvgIpc) is 2.28. The first kappa shape index (κ1) is 14.2. The summed E-state index contributed by atoms with van der Waals surface area (Å²) in [4.78, 5) is 23.2. The molecule has 0 aliphatic heterocycles. The Morgan fingerprint density at radius 3 is 2.39 bits per heavy atom. The summed E-state index contributed by atoms with van der Waals surface area (Å²) < 4.78 is 0. The first-order valence-electron chi connectivity index (χ1n) is 6.05. The summed E-state index contributed by atoms with van der Waals surface area (Å²) in [7, 11) is 0. The molecular weight excluding hydrogens is 228 g/mol. The molecule has 18 heavy (non-hydrogen) atoms. The van der Waals surface area contributed by atoms with Gasteiger partial charge in [0.1, 0.15) is 0 Å². The summed E-state index contributed by atoms with van der Waals surface area (Å²) >= 11 is 0. The van der Waals surface area contributed by atoms with Crippen LogP contribution < -0.4 is 10.6 Å². The summed E-state index contributed by atoms with van der Waals surface area (Å²) in [5.74, 6) is -0.404. The Labute approximate surface area is 108 Å². The monoisotopic (exact) mass is 248 g/mol. The van der Waals surface area contributed by atoms with Crippen LogP contribution in [-0.4, -0.2) is 24.4 Å². The number of benzene rings is 1. The van der Waals surface area contributed by atoms with Gasteiger partial charge in [0.05, 0.1) is 6.54 Å². The second-order valence-electron chi connectivity index (χ2n) is 4.70. The van der Waals surface area contributed by atoms with Crippen LogP contribution in [0.4, 0.5) is 0 Å². The zero-order chi connectivity index (χ0) is 13.7. The molecule has 0 aliphatic rings. The maximum Gasteiger partial charge on any atom is 0.251 e. The Bertz CT molecular complexity index is 453. The molecule has 1 aromatic rings. The number of hydrogen-bond donors (Lipinski definition) is 2. The summed E-state index contributed by atoms with van der Waals surface area (Å²) in [6.07, 6.45) is 0. The number of rotatable bonds is 4.